The van der Waals surface area contributed by atoms with Crippen LogP contribution >= 0.6 is 0 Å². The minimum atomic E-state index is -0.718. The number of ether oxygens (including phenoxy) is 5. The molecule has 0 radical (unpaired) electrons. The largest absolute Gasteiger partial charge is 0.508 e. The molecule has 0 aliphatic carbocycles. The molecule has 2 rings (SSSR count). The molecule has 2 saturated heterocycles. The van der Waals surface area contributed by atoms with E-state index in [1.807, 2.05) is 13.8 Å². The molecule has 0 aromatic carbocycles. The van der Waals surface area contributed by atoms with Crippen LogP contribution in [-0.2, 0) is 33.3 Å². The van der Waals surface area contributed by atoms with E-state index in [1.165, 1.54) is 6.92 Å². The topological polar surface area (TPSA) is 138 Å². The Morgan fingerprint density at radius 3 is 1.85 bits per heavy atom. The molecule has 26 heavy (non-hydrogen) atoms. The van der Waals surface area contributed by atoms with Gasteiger partial charge in [-0.25, -0.2) is 9.59 Å². The fourth-order valence-corrected chi connectivity index (χ4v) is 0.979. The molecule has 2 heterocycles. The number of hydrogen-bond acceptors (Lipinski definition) is 10. The van der Waals surface area contributed by atoms with Crippen molar-refractivity contribution in [3.05, 3.63) is 0 Å². The molecule has 2 aliphatic rings. The Morgan fingerprint density at radius 2 is 1.62 bits per heavy atom. The maximum atomic E-state index is 10.7. The molecule has 1 N–H and O–H groups in total. The summed E-state index contributed by atoms with van der Waals surface area (Å²) in [6, 6.07) is 0. The highest BCUT2D eigenvalue weighted by molar-refractivity contribution is 5.61. The van der Waals surface area contributed by atoms with Gasteiger partial charge in [0.2, 0.25) is 0 Å². The molecule has 10 heteroatoms. The van der Waals surface area contributed by atoms with Gasteiger partial charge >= 0.3 is 18.5 Å². The third-order valence-electron chi connectivity index (χ3n) is 2.21. The maximum Gasteiger partial charge on any atom is 0.508 e. The first-order chi connectivity index (χ1) is 12.1. The van der Waals surface area contributed by atoms with Crippen molar-refractivity contribution in [3.8, 4) is 0 Å². The van der Waals surface area contributed by atoms with E-state index >= 15 is 0 Å². The van der Waals surface area contributed by atoms with Crippen LogP contribution in [0.5, 0.6) is 0 Å². The summed E-state index contributed by atoms with van der Waals surface area (Å²) in [5.74, 6) is 0.295. The highest BCUT2D eigenvalue weighted by atomic mass is 16.8. The molecule has 0 aromatic rings. The van der Waals surface area contributed by atoms with E-state index in [0.717, 1.165) is 6.61 Å². The average Bonchev–Trinajstić information content (AvgIpc) is 3.23. The van der Waals surface area contributed by atoms with Crippen molar-refractivity contribution < 1.29 is 48.0 Å². The Bertz CT molecular complexity index is 397. The first-order valence-electron chi connectivity index (χ1n) is 8.04. The van der Waals surface area contributed by atoms with E-state index in [0.29, 0.717) is 25.2 Å². The number of rotatable bonds is 4. The fraction of sp³-hybridized carbons (Fsp3) is 0.812. The van der Waals surface area contributed by atoms with Gasteiger partial charge in [-0.15, -0.1) is 0 Å². The zero-order valence-electron chi connectivity index (χ0n) is 15.8. The van der Waals surface area contributed by atoms with Crippen molar-refractivity contribution in [1.82, 2.24) is 0 Å². The maximum absolute atomic E-state index is 10.7. The van der Waals surface area contributed by atoms with Crippen LogP contribution in [0.4, 0.5) is 9.59 Å². The summed E-state index contributed by atoms with van der Waals surface area (Å²) < 4.78 is 22.8. The molecule has 0 amide bonds. The molecule has 2 fully saturated rings. The third-order valence-corrected chi connectivity index (χ3v) is 2.21. The lowest BCUT2D eigenvalue weighted by Crippen LogP contribution is -2.17. The summed E-state index contributed by atoms with van der Waals surface area (Å²) >= 11 is 0. The van der Waals surface area contributed by atoms with Crippen LogP contribution in [0.1, 0.15) is 34.6 Å². The first-order valence-corrected chi connectivity index (χ1v) is 8.04. The van der Waals surface area contributed by atoms with Crippen LogP contribution < -0.4 is 0 Å². The van der Waals surface area contributed by atoms with E-state index < -0.39 is 18.4 Å². The second kappa shape index (κ2) is 16.3. The predicted molar refractivity (Wildman–Crippen MR) is 86.1 cm³/mol. The van der Waals surface area contributed by atoms with Crippen LogP contribution in [0.25, 0.3) is 0 Å². The van der Waals surface area contributed by atoms with Crippen LogP contribution in [0.3, 0.4) is 0 Å². The van der Waals surface area contributed by atoms with E-state index in [2.05, 4.69) is 25.9 Å². The highest BCUT2D eigenvalue weighted by Gasteiger charge is 2.19. The SMILES string of the molecule is CC(C)COC(=O)OCC(C)O.CC1CO1.CC1COC(=O)O1.O=C=O. The summed E-state index contributed by atoms with van der Waals surface area (Å²) in [5.41, 5.74) is 0. The lowest BCUT2D eigenvalue weighted by molar-refractivity contribution is -0.191. The van der Waals surface area contributed by atoms with Gasteiger partial charge < -0.3 is 28.8 Å². The Kier molecular flexibility index (Phi) is 16.4. The van der Waals surface area contributed by atoms with Crippen molar-refractivity contribution in [1.29, 1.82) is 0 Å². The number of aliphatic hydroxyl groups is 1. The van der Waals surface area contributed by atoms with Crippen molar-refractivity contribution in [2.45, 2.75) is 52.9 Å². The summed E-state index contributed by atoms with van der Waals surface area (Å²) in [7, 11) is 0. The van der Waals surface area contributed by atoms with E-state index in [4.69, 9.17) is 19.4 Å². The molecule has 0 spiro atoms. The van der Waals surface area contributed by atoms with Gasteiger partial charge in [-0.1, -0.05) is 13.8 Å². The Labute approximate surface area is 152 Å². The van der Waals surface area contributed by atoms with Crippen LogP contribution in [0, 0.1) is 5.92 Å². The Morgan fingerprint density at radius 1 is 1.15 bits per heavy atom. The molecule has 0 saturated carbocycles. The lowest BCUT2D eigenvalue weighted by atomic mass is 10.2. The van der Waals surface area contributed by atoms with Crippen molar-refractivity contribution in [3.63, 3.8) is 0 Å². The zero-order chi connectivity index (χ0) is 20.5. The average molecular weight is 380 g/mol. The summed E-state index contributed by atoms with van der Waals surface area (Å²) in [6.45, 7) is 11.0. The van der Waals surface area contributed by atoms with Gasteiger partial charge in [-0.3, -0.25) is 0 Å². The molecule has 0 bridgehead atoms. The molecule has 10 nitrogen and oxygen atoms in total. The molecule has 3 atom stereocenters. The number of carbonyl (C=O) groups excluding carboxylic acids is 4. The van der Waals surface area contributed by atoms with Gasteiger partial charge in [0.1, 0.15) is 19.3 Å². The summed E-state index contributed by atoms with van der Waals surface area (Å²) in [5, 5.41) is 8.75. The molecular formula is C16H28O10. The normalized spacial score (nSPS) is 20.2. The quantitative estimate of drug-likeness (QED) is 0.564. The Balaban J connectivity index is 0. The van der Waals surface area contributed by atoms with Gasteiger partial charge in [0.05, 0.1) is 25.4 Å². The minimum Gasteiger partial charge on any atom is -0.434 e. The van der Waals surface area contributed by atoms with E-state index in [1.54, 1.807) is 6.92 Å². The van der Waals surface area contributed by atoms with Crippen molar-refractivity contribution >= 4 is 18.5 Å². The van der Waals surface area contributed by atoms with Gasteiger partial charge in [-0.2, -0.15) is 9.59 Å². The number of carbonyl (C=O) groups is 2. The smallest absolute Gasteiger partial charge is 0.434 e. The molecule has 152 valence electrons. The van der Waals surface area contributed by atoms with E-state index in [-0.39, 0.29) is 18.9 Å². The molecule has 2 aliphatic heterocycles. The van der Waals surface area contributed by atoms with Crippen LogP contribution in [-0.4, -0.2) is 68.3 Å². The lowest BCUT2D eigenvalue weighted by Gasteiger charge is -2.08. The second-order valence-electron chi connectivity index (χ2n) is 5.83. The van der Waals surface area contributed by atoms with E-state index in [9.17, 15) is 9.59 Å². The highest BCUT2D eigenvalue weighted by Crippen LogP contribution is 2.04. The van der Waals surface area contributed by atoms with Gasteiger partial charge in [-0.05, 0) is 26.7 Å². The van der Waals surface area contributed by atoms with Gasteiger partial charge in [0, 0.05) is 0 Å². The first kappa shape index (κ1) is 26.1. The summed E-state index contributed by atoms with van der Waals surface area (Å²) in [4.78, 5) is 37.0. The van der Waals surface area contributed by atoms with Crippen molar-refractivity contribution in [2.75, 3.05) is 26.4 Å². The zero-order valence-corrected chi connectivity index (χ0v) is 15.8. The fourth-order valence-electron chi connectivity index (χ4n) is 0.979. The summed E-state index contributed by atoms with van der Waals surface area (Å²) in [6.07, 6.45) is -1.12. The Hall–Kier alpha value is -2.16. The monoisotopic (exact) mass is 380 g/mol. The van der Waals surface area contributed by atoms with Gasteiger partial charge in [0.25, 0.3) is 0 Å². The molecule has 0 aromatic heterocycles. The van der Waals surface area contributed by atoms with Crippen LogP contribution in [0.15, 0.2) is 0 Å². The van der Waals surface area contributed by atoms with Crippen LogP contribution in [0.2, 0.25) is 0 Å². The minimum absolute atomic E-state index is 0.0169. The number of epoxide rings is 1. The predicted octanol–water partition coefficient (Wildman–Crippen LogP) is 1.54. The number of hydrogen-bond donors (Lipinski definition) is 1. The third kappa shape index (κ3) is 24.1. The van der Waals surface area contributed by atoms with Gasteiger partial charge in [0.15, 0.2) is 0 Å². The molecular weight excluding hydrogens is 352 g/mol. The second-order valence-corrected chi connectivity index (χ2v) is 5.83. The number of cyclic esters (lactones) is 2. The number of aliphatic hydroxyl groups excluding tert-OH is 1. The molecule has 3 unspecified atom stereocenters. The standard InChI is InChI=1S/C8H16O4.C4H6O3.C3H6O.CO2/c1-6(2)4-11-8(10)12-5-7(3)9;1-3-2-6-4(5)7-3;1-3-2-4-3;2-1-3/h6-7,9H,4-5H2,1-3H3;3H,2H2,1H3;3H,2H2,1H3;. The van der Waals surface area contributed by atoms with Crippen molar-refractivity contribution in [2.24, 2.45) is 5.92 Å².